The molecule has 0 saturated heterocycles. The summed E-state index contributed by atoms with van der Waals surface area (Å²) in [6.45, 7) is 13.8. The van der Waals surface area contributed by atoms with Crippen LogP contribution in [0.4, 0.5) is 0 Å². The van der Waals surface area contributed by atoms with Gasteiger partial charge in [-0.05, 0) is 33.6 Å². The number of fused-ring (bicyclic) bond motifs is 1. The molecule has 0 aliphatic carbocycles. The van der Waals surface area contributed by atoms with Crippen LogP contribution in [0.2, 0.25) is 0 Å². The average Bonchev–Trinajstić information content (AvgIpc) is 2.54. The molecule has 0 spiro atoms. The molecule has 0 amide bonds. The third-order valence-electron chi connectivity index (χ3n) is 3.44. The fourth-order valence-electron chi connectivity index (χ4n) is 2.44. The van der Waals surface area contributed by atoms with Gasteiger partial charge in [0, 0.05) is 0 Å². The summed E-state index contributed by atoms with van der Waals surface area (Å²) in [7, 11) is 0. The average molecular weight is 237 g/mol. The van der Waals surface area contributed by atoms with E-state index in [0.717, 1.165) is 0 Å². The molecule has 2 heteroatoms. The van der Waals surface area contributed by atoms with E-state index in [1.807, 2.05) is 11.8 Å². The zero-order valence-electron chi connectivity index (χ0n) is 11.2. The van der Waals surface area contributed by atoms with E-state index >= 15 is 0 Å². The SMILES string of the molecule is CC(C)(C)C1=CSC2C(C(C)(C)C)=CNC12. The summed E-state index contributed by atoms with van der Waals surface area (Å²) in [6, 6.07) is 0.527. The molecule has 2 unspecified atom stereocenters. The highest BCUT2D eigenvalue weighted by Crippen LogP contribution is 2.48. The minimum absolute atomic E-state index is 0.278. The second kappa shape index (κ2) is 3.56. The van der Waals surface area contributed by atoms with Crippen LogP contribution in [0, 0.1) is 10.8 Å². The topological polar surface area (TPSA) is 12.0 Å². The van der Waals surface area contributed by atoms with Crippen molar-refractivity contribution in [1.82, 2.24) is 5.32 Å². The Labute approximate surface area is 104 Å². The molecule has 16 heavy (non-hydrogen) atoms. The van der Waals surface area contributed by atoms with E-state index in [0.29, 0.717) is 11.3 Å². The maximum absolute atomic E-state index is 3.58. The predicted octanol–water partition coefficient (Wildman–Crippen LogP) is 3.93. The van der Waals surface area contributed by atoms with Gasteiger partial charge in [-0.1, -0.05) is 41.5 Å². The Morgan fingerprint density at radius 2 is 1.56 bits per heavy atom. The normalized spacial score (nSPS) is 29.6. The number of thioether (sulfide) groups is 1. The highest BCUT2D eigenvalue weighted by Gasteiger charge is 2.43. The van der Waals surface area contributed by atoms with E-state index in [2.05, 4.69) is 58.5 Å². The van der Waals surface area contributed by atoms with Crippen LogP contribution >= 0.6 is 11.8 Å². The molecule has 0 aromatic heterocycles. The van der Waals surface area contributed by atoms with Gasteiger partial charge in [-0.15, -0.1) is 11.8 Å². The number of hydrogen-bond donors (Lipinski definition) is 1. The first kappa shape index (κ1) is 12.1. The first-order valence-electron chi connectivity index (χ1n) is 6.04. The van der Waals surface area contributed by atoms with Crippen molar-refractivity contribution >= 4 is 11.8 Å². The minimum atomic E-state index is 0.278. The van der Waals surface area contributed by atoms with Crippen LogP contribution in [0.1, 0.15) is 41.5 Å². The summed E-state index contributed by atoms with van der Waals surface area (Å²) in [5, 5.41) is 6.58. The summed E-state index contributed by atoms with van der Waals surface area (Å²) in [5.41, 5.74) is 3.66. The van der Waals surface area contributed by atoms with Gasteiger partial charge in [-0.2, -0.15) is 0 Å². The molecule has 90 valence electrons. The Morgan fingerprint density at radius 3 is 2.06 bits per heavy atom. The fourth-order valence-corrected chi connectivity index (χ4v) is 4.18. The summed E-state index contributed by atoms with van der Waals surface area (Å²) < 4.78 is 0. The molecule has 0 aromatic rings. The minimum Gasteiger partial charge on any atom is -0.383 e. The van der Waals surface area contributed by atoms with Gasteiger partial charge in [0.1, 0.15) is 0 Å². The molecule has 1 nitrogen and oxygen atoms in total. The standard InChI is InChI=1S/C14H23NS/c1-13(2,3)9-7-15-11-10(14(4,5)6)8-16-12(9)11/h7-8,11-12,15H,1-6H3. The Hall–Kier alpha value is -0.370. The van der Waals surface area contributed by atoms with Crippen LogP contribution < -0.4 is 5.32 Å². The molecule has 2 rings (SSSR count). The Kier molecular flexibility index (Phi) is 2.69. The van der Waals surface area contributed by atoms with Gasteiger partial charge in [0.2, 0.25) is 0 Å². The van der Waals surface area contributed by atoms with Crippen molar-refractivity contribution in [3.05, 3.63) is 22.8 Å². The van der Waals surface area contributed by atoms with Crippen LogP contribution in [0.15, 0.2) is 22.8 Å². The molecule has 1 N–H and O–H groups in total. The highest BCUT2D eigenvalue weighted by atomic mass is 32.2. The smallest absolute Gasteiger partial charge is 0.0642 e. The second-order valence-electron chi connectivity index (χ2n) is 6.87. The lowest BCUT2D eigenvalue weighted by Crippen LogP contribution is -2.34. The molecular weight excluding hydrogens is 214 g/mol. The Bertz CT molecular complexity index is 316. The molecule has 2 heterocycles. The summed E-state index contributed by atoms with van der Waals surface area (Å²) >= 11 is 1.99. The van der Waals surface area contributed by atoms with Gasteiger partial charge < -0.3 is 5.32 Å². The monoisotopic (exact) mass is 237 g/mol. The third kappa shape index (κ3) is 1.92. The van der Waals surface area contributed by atoms with E-state index in [-0.39, 0.29) is 10.8 Å². The molecule has 0 aromatic carbocycles. The van der Waals surface area contributed by atoms with Crippen molar-refractivity contribution in [2.75, 3.05) is 0 Å². The number of nitrogens with one attached hydrogen (secondary N) is 1. The Morgan fingerprint density at radius 1 is 1.00 bits per heavy atom. The second-order valence-corrected chi connectivity index (χ2v) is 7.89. The van der Waals surface area contributed by atoms with Gasteiger partial charge in [-0.3, -0.25) is 0 Å². The van der Waals surface area contributed by atoms with Gasteiger partial charge in [0.15, 0.2) is 0 Å². The molecule has 0 radical (unpaired) electrons. The van der Waals surface area contributed by atoms with Gasteiger partial charge in [0.25, 0.3) is 0 Å². The lowest BCUT2D eigenvalue weighted by atomic mass is 9.79. The van der Waals surface area contributed by atoms with Crippen molar-refractivity contribution in [3.8, 4) is 0 Å². The van der Waals surface area contributed by atoms with Gasteiger partial charge >= 0.3 is 0 Å². The first-order valence-corrected chi connectivity index (χ1v) is 6.98. The predicted molar refractivity (Wildman–Crippen MR) is 73.4 cm³/mol. The summed E-state index contributed by atoms with van der Waals surface area (Å²) in [4.78, 5) is 0. The zero-order chi connectivity index (χ0) is 12.1. The van der Waals surface area contributed by atoms with Crippen molar-refractivity contribution in [1.29, 1.82) is 0 Å². The number of hydrogen-bond acceptors (Lipinski definition) is 2. The lowest BCUT2D eigenvalue weighted by molar-refractivity contribution is 0.445. The van der Waals surface area contributed by atoms with Crippen LogP contribution in [0.3, 0.4) is 0 Å². The van der Waals surface area contributed by atoms with Gasteiger partial charge in [0.05, 0.1) is 11.3 Å². The van der Waals surface area contributed by atoms with Crippen molar-refractivity contribution in [2.45, 2.75) is 52.8 Å². The van der Waals surface area contributed by atoms with E-state index in [9.17, 15) is 0 Å². The van der Waals surface area contributed by atoms with E-state index < -0.39 is 0 Å². The van der Waals surface area contributed by atoms with Crippen molar-refractivity contribution in [3.63, 3.8) is 0 Å². The van der Waals surface area contributed by atoms with Crippen molar-refractivity contribution in [2.24, 2.45) is 10.8 Å². The highest BCUT2D eigenvalue weighted by molar-refractivity contribution is 8.03. The third-order valence-corrected chi connectivity index (χ3v) is 4.65. The first-order chi connectivity index (χ1) is 7.21. The molecule has 0 saturated carbocycles. The Balaban J connectivity index is 2.20. The molecular formula is C14H23NS. The lowest BCUT2D eigenvalue weighted by Gasteiger charge is -2.29. The molecule has 2 aliphatic heterocycles. The van der Waals surface area contributed by atoms with Crippen LogP contribution in [0.5, 0.6) is 0 Å². The summed E-state index contributed by atoms with van der Waals surface area (Å²) in [5.74, 6) is 0. The maximum atomic E-state index is 3.58. The van der Waals surface area contributed by atoms with Crippen molar-refractivity contribution < 1.29 is 0 Å². The number of rotatable bonds is 0. The summed E-state index contributed by atoms with van der Waals surface area (Å²) in [6.07, 6.45) is 2.25. The van der Waals surface area contributed by atoms with E-state index in [1.54, 1.807) is 11.1 Å². The van der Waals surface area contributed by atoms with E-state index in [4.69, 9.17) is 0 Å². The van der Waals surface area contributed by atoms with Crippen LogP contribution in [-0.2, 0) is 0 Å². The van der Waals surface area contributed by atoms with Crippen LogP contribution in [-0.4, -0.2) is 11.3 Å². The van der Waals surface area contributed by atoms with Gasteiger partial charge in [-0.25, -0.2) is 0 Å². The zero-order valence-corrected chi connectivity index (χ0v) is 12.0. The molecule has 2 aliphatic rings. The fraction of sp³-hybridized carbons (Fsp3) is 0.714. The quantitative estimate of drug-likeness (QED) is 0.685. The molecule has 0 bridgehead atoms. The van der Waals surface area contributed by atoms with Crippen LogP contribution in [0.25, 0.3) is 0 Å². The van der Waals surface area contributed by atoms with E-state index in [1.165, 1.54) is 0 Å². The largest absolute Gasteiger partial charge is 0.383 e. The maximum Gasteiger partial charge on any atom is 0.0642 e. The molecule has 0 fully saturated rings. The molecule has 2 atom stereocenters.